The Hall–Kier alpha value is -1.91. The van der Waals surface area contributed by atoms with Gasteiger partial charge in [0.1, 0.15) is 11.5 Å². The lowest BCUT2D eigenvalue weighted by molar-refractivity contribution is 0.478. The quantitative estimate of drug-likeness (QED) is 0.781. The van der Waals surface area contributed by atoms with Crippen molar-refractivity contribution in [3.63, 3.8) is 0 Å². The van der Waals surface area contributed by atoms with Crippen LogP contribution in [-0.2, 0) is 6.54 Å². The fraction of sp³-hybridized carbons (Fsp3) is 0.0625. The van der Waals surface area contributed by atoms with Crippen LogP contribution in [0.5, 0.6) is 11.5 Å². The molecule has 2 N–H and O–H groups in total. The number of fused-ring (bicyclic) bond motifs is 1. The summed E-state index contributed by atoms with van der Waals surface area (Å²) in [5.41, 5.74) is 7.59. The summed E-state index contributed by atoms with van der Waals surface area (Å²) in [5.74, 6) is 1.53. The largest absolute Gasteiger partial charge is 0.455 e. The second-order valence-corrected chi connectivity index (χ2v) is 5.22. The highest BCUT2D eigenvalue weighted by Crippen LogP contribution is 2.35. The number of para-hydroxylation sites is 2. The first-order valence-electron chi connectivity index (χ1n) is 6.28. The molecule has 0 bridgehead atoms. The molecule has 0 unspecified atom stereocenters. The van der Waals surface area contributed by atoms with E-state index in [0.717, 1.165) is 32.4 Å². The molecular weight excluding hydrogens is 316 g/mol. The first kappa shape index (κ1) is 13.1. The molecule has 0 spiro atoms. The summed E-state index contributed by atoms with van der Waals surface area (Å²) in [6.07, 6.45) is 1.77. The van der Waals surface area contributed by atoms with Gasteiger partial charge in [-0.15, -0.1) is 0 Å². The first-order valence-corrected chi connectivity index (χ1v) is 7.08. The van der Waals surface area contributed by atoms with Gasteiger partial charge >= 0.3 is 0 Å². The number of pyridine rings is 1. The van der Waals surface area contributed by atoms with Crippen molar-refractivity contribution in [1.29, 1.82) is 0 Å². The van der Waals surface area contributed by atoms with Crippen LogP contribution in [0, 0.1) is 0 Å². The molecule has 0 fully saturated rings. The fourth-order valence-corrected chi connectivity index (χ4v) is 2.43. The molecule has 0 aliphatic heterocycles. The summed E-state index contributed by atoms with van der Waals surface area (Å²) in [7, 11) is 0. The molecule has 0 aliphatic carbocycles. The van der Waals surface area contributed by atoms with Gasteiger partial charge in [0, 0.05) is 23.7 Å². The summed E-state index contributed by atoms with van der Waals surface area (Å²) in [6.45, 7) is 0.387. The van der Waals surface area contributed by atoms with E-state index in [9.17, 15) is 0 Å². The van der Waals surface area contributed by atoms with Crippen molar-refractivity contribution >= 4 is 26.8 Å². The van der Waals surface area contributed by atoms with Crippen LogP contribution in [0.2, 0.25) is 0 Å². The molecule has 1 aromatic heterocycles. The molecule has 20 heavy (non-hydrogen) atoms. The van der Waals surface area contributed by atoms with Crippen LogP contribution in [0.4, 0.5) is 0 Å². The summed E-state index contributed by atoms with van der Waals surface area (Å²) in [6, 6.07) is 15.6. The van der Waals surface area contributed by atoms with Crippen LogP contribution in [-0.4, -0.2) is 4.98 Å². The van der Waals surface area contributed by atoms with Gasteiger partial charge in [0.05, 0.1) is 9.99 Å². The Morgan fingerprint density at radius 3 is 2.60 bits per heavy atom. The van der Waals surface area contributed by atoms with E-state index in [2.05, 4.69) is 20.9 Å². The minimum absolute atomic E-state index is 0.387. The molecular formula is C16H13BrN2O. The van der Waals surface area contributed by atoms with Gasteiger partial charge in [0.15, 0.2) is 0 Å². The average Bonchev–Trinajstić information content (AvgIpc) is 2.50. The number of hydrogen-bond donors (Lipinski definition) is 1. The number of rotatable bonds is 3. The molecule has 4 heteroatoms. The molecule has 3 aromatic rings. The van der Waals surface area contributed by atoms with E-state index in [1.165, 1.54) is 0 Å². The molecule has 0 amide bonds. The Morgan fingerprint density at radius 2 is 1.80 bits per heavy atom. The van der Waals surface area contributed by atoms with Gasteiger partial charge in [-0.05, 0) is 40.2 Å². The van der Waals surface area contributed by atoms with Crippen molar-refractivity contribution in [3.8, 4) is 11.5 Å². The molecule has 1 heterocycles. The highest BCUT2D eigenvalue weighted by molar-refractivity contribution is 9.10. The standard InChI is InChI=1S/C16H13BrN2O/c17-13-6-2-4-8-15(13)20-16-11(9-18)10-19-14-7-3-1-5-12(14)16/h1-8,10H,9,18H2. The van der Waals surface area contributed by atoms with Crippen LogP contribution in [0.3, 0.4) is 0 Å². The van der Waals surface area contributed by atoms with Gasteiger partial charge in [-0.1, -0.05) is 24.3 Å². The molecule has 100 valence electrons. The van der Waals surface area contributed by atoms with Crippen molar-refractivity contribution in [2.45, 2.75) is 6.54 Å². The maximum atomic E-state index is 6.08. The van der Waals surface area contributed by atoms with E-state index in [-0.39, 0.29) is 0 Å². The van der Waals surface area contributed by atoms with Crippen LogP contribution in [0.1, 0.15) is 5.56 Å². The molecule has 0 saturated heterocycles. The van der Waals surface area contributed by atoms with E-state index in [1.807, 2.05) is 48.5 Å². The second-order valence-electron chi connectivity index (χ2n) is 4.37. The average molecular weight is 329 g/mol. The smallest absolute Gasteiger partial charge is 0.142 e. The van der Waals surface area contributed by atoms with Crippen molar-refractivity contribution in [2.75, 3.05) is 0 Å². The lowest BCUT2D eigenvalue weighted by Crippen LogP contribution is -2.01. The minimum Gasteiger partial charge on any atom is -0.455 e. The van der Waals surface area contributed by atoms with Gasteiger partial charge in [0.2, 0.25) is 0 Å². The predicted molar refractivity (Wildman–Crippen MR) is 83.9 cm³/mol. The third-order valence-electron chi connectivity index (χ3n) is 3.07. The summed E-state index contributed by atoms with van der Waals surface area (Å²) < 4.78 is 6.98. The third-order valence-corrected chi connectivity index (χ3v) is 3.72. The summed E-state index contributed by atoms with van der Waals surface area (Å²) in [5, 5.41) is 0.964. The van der Waals surface area contributed by atoms with Gasteiger partial charge in [0.25, 0.3) is 0 Å². The Bertz CT molecular complexity index is 758. The first-order chi connectivity index (χ1) is 9.79. The van der Waals surface area contributed by atoms with E-state index >= 15 is 0 Å². The van der Waals surface area contributed by atoms with Crippen LogP contribution in [0.15, 0.2) is 59.2 Å². The van der Waals surface area contributed by atoms with E-state index in [0.29, 0.717) is 6.54 Å². The zero-order chi connectivity index (χ0) is 13.9. The summed E-state index contributed by atoms with van der Waals surface area (Å²) >= 11 is 3.49. The second kappa shape index (κ2) is 5.61. The number of nitrogens with two attached hydrogens (primary N) is 1. The Morgan fingerprint density at radius 1 is 1.05 bits per heavy atom. The van der Waals surface area contributed by atoms with Crippen molar-refractivity contribution < 1.29 is 4.74 Å². The van der Waals surface area contributed by atoms with E-state index < -0.39 is 0 Å². The number of ether oxygens (including phenoxy) is 1. The van der Waals surface area contributed by atoms with E-state index in [4.69, 9.17) is 10.5 Å². The van der Waals surface area contributed by atoms with Gasteiger partial charge in [-0.3, -0.25) is 4.98 Å². The SMILES string of the molecule is NCc1cnc2ccccc2c1Oc1ccccc1Br. The van der Waals surface area contributed by atoms with E-state index in [1.54, 1.807) is 6.20 Å². The number of halogens is 1. The number of benzene rings is 2. The van der Waals surface area contributed by atoms with Crippen LogP contribution < -0.4 is 10.5 Å². The van der Waals surface area contributed by atoms with Crippen molar-refractivity contribution in [1.82, 2.24) is 4.98 Å². The van der Waals surface area contributed by atoms with Gasteiger partial charge < -0.3 is 10.5 Å². The lowest BCUT2D eigenvalue weighted by atomic mass is 10.1. The summed E-state index contributed by atoms with van der Waals surface area (Å²) in [4.78, 5) is 4.40. The third kappa shape index (κ3) is 2.40. The predicted octanol–water partition coefficient (Wildman–Crippen LogP) is 4.25. The molecule has 3 rings (SSSR count). The number of aromatic nitrogens is 1. The molecule has 0 aliphatic rings. The number of nitrogens with zero attached hydrogens (tertiary/aromatic N) is 1. The normalized spacial score (nSPS) is 10.7. The van der Waals surface area contributed by atoms with Crippen molar-refractivity contribution in [2.24, 2.45) is 5.73 Å². The van der Waals surface area contributed by atoms with Crippen molar-refractivity contribution in [3.05, 3.63) is 64.8 Å². The Kier molecular flexibility index (Phi) is 3.67. The maximum Gasteiger partial charge on any atom is 0.142 e. The zero-order valence-electron chi connectivity index (χ0n) is 10.7. The molecule has 0 saturated carbocycles. The molecule has 0 radical (unpaired) electrons. The molecule has 0 atom stereocenters. The fourth-order valence-electron chi connectivity index (χ4n) is 2.06. The van der Waals surface area contributed by atoms with Gasteiger partial charge in [-0.2, -0.15) is 0 Å². The maximum absolute atomic E-state index is 6.08. The zero-order valence-corrected chi connectivity index (χ0v) is 12.3. The Balaban J connectivity index is 2.16. The monoisotopic (exact) mass is 328 g/mol. The lowest BCUT2D eigenvalue weighted by Gasteiger charge is -2.13. The number of hydrogen-bond acceptors (Lipinski definition) is 3. The Labute approximate surface area is 125 Å². The van der Waals surface area contributed by atoms with Crippen LogP contribution >= 0.6 is 15.9 Å². The topological polar surface area (TPSA) is 48.1 Å². The highest BCUT2D eigenvalue weighted by atomic mass is 79.9. The van der Waals surface area contributed by atoms with Gasteiger partial charge in [-0.25, -0.2) is 0 Å². The highest BCUT2D eigenvalue weighted by Gasteiger charge is 2.11. The minimum atomic E-state index is 0.387. The molecule has 3 nitrogen and oxygen atoms in total. The van der Waals surface area contributed by atoms with Crippen LogP contribution in [0.25, 0.3) is 10.9 Å². The molecule has 2 aromatic carbocycles.